The number of halogens is 1. The van der Waals surface area contributed by atoms with Crippen molar-refractivity contribution in [2.75, 3.05) is 20.1 Å². The molecule has 0 saturated carbocycles. The summed E-state index contributed by atoms with van der Waals surface area (Å²) in [5, 5.41) is 7.23. The van der Waals surface area contributed by atoms with Crippen LogP contribution in [0.3, 0.4) is 0 Å². The molecule has 0 saturated heterocycles. The molecule has 1 amide bonds. The van der Waals surface area contributed by atoms with Crippen LogP contribution in [0.5, 0.6) is 0 Å². The molecule has 18 heavy (non-hydrogen) atoms. The zero-order valence-electron chi connectivity index (χ0n) is 11.5. The molecule has 1 heterocycles. The van der Waals surface area contributed by atoms with Crippen molar-refractivity contribution in [2.24, 2.45) is 7.05 Å². The average molecular weight is 317 g/mol. The number of amides is 1. The van der Waals surface area contributed by atoms with Gasteiger partial charge in [0.05, 0.1) is 22.4 Å². The Kier molecular flexibility index (Phi) is 5.81. The summed E-state index contributed by atoms with van der Waals surface area (Å²) in [7, 11) is 3.86. The van der Waals surface area contributed by atoms with Gasteiger partial charge in [0.15, 0.2) is 0 Å². The lowest BCUT2D eigenvalue weighted by Gasteiger charge is -2.16. The van der Waals surface area contributed by atoms with E-state index in [0.717, 1.165) is 22.3 Å². The van der Waals surface area contributed by atoms with Gasteiger partial charge in [-0.3, -0.25) is 14.4 Å². The van der Waals surface area contributed by atoms with Gasteiger partial charge in [-0.2, -0.15) is 5.10 Å². The fourth-order valence-electron chi connectivity index (χ4n) is 1.80. The highest BCUT2D eigenvalue weighted by atomic mass is 79.9. The Balaban J connectivity index is 2.67. The van der Waals surface area contributed by atoms with Gasteiger partial charge in [-0.1, -0.05) is 6.92 Å². The maximum Gasteiger partial charge on any atom is 0.234 e. The topological polar surface area (TPSA) is 50.2 Å². The Morgan fingerprint density at radius 3 is 2.67 bits per heavy atom. The molecule has 0 aliphatic carbocycles. The number of hydrogen-bond acceptors (Lipinski definition) is 3. The third-order valence-electron chi connectivity index (χ3n) is 2.71. The number of rotatable bonds is 6. The average Bonchev–Trinajstić information content (AvgIpc) is 2.56. The van der Waals surface area contributed by atoms with E-state index in [-0.39, 0.29) is 5.91 Å². The number of carbonyl (C=O) groups excluding carboxylic acids is 1. The molecule has 0 aliphatic rings. The van der Waals surface area contributed by atoms with Crippen molar-refractivity contribution in [1.82, 2.24) is 20.0 Å². The van der Waals surface area contributed by atoms with E-state index in [1.54, 1.807) is 0 Å². The van der Waals surface area contributed by atoms with Gasteiger partial charge in [0, 0.05) is 20.1 Å². The van der Waals surface area contributed by atoms with E-state index in [0.29, 0.717) is 19.6 Å². The monoisotopic (exact) mass is 316 g/mol. The molecule has 0 unspecified atom stereocenters. The van der Waals surface area contributed by atoms with Crippen LogP contribution in [-0.4, -0.2) is 40.7 Å². The van der Waals surface area contributed by atoms with Crippen molar-refractivity contribution in [3.05, 3.63) is 15.9 Å². The Bertz CT molecular complexity index is 416. The predicted molar refractivity (Wildman–Crippen MR) is 75.3 cm³/mol. The van der Waals surface area contributed by atoms with Crippen LogP contribution in [0.2, 0.25) is 0 Å². The van der Waals surface area contributed by atoms with E-state index in [1.165, 1.54) is 0 Å². The van der Waals surface area contributed by atoms with Crippen molar-refractivity contribution < 1.29 is 4.79 Å². The minimum absolute atomic E-state index is 0.0500. The largest absolute Gasteiger partial charge is 0.355 e. The van der Waals surface area contributed by atoms with Crippen LogP contribution < -0.4 is 5.32 Å². The standard InChI is InChI=1S/C12H21BrN4O/c1-5-9-12(13)10(17(4)15-9)7-16(3)8-11(18)14-6-2/h5-8H2,1-4H3,(H,14,18). The molecule has 0 aromatic carbocycles. The van der Waals surface area contributed by atoms with E-state index >= 15 is 0 Å². The minimum Gasteiger partial charge on any atom is -0.355 e. The molecule has 102 valence electrons. The summed E-state index contributed by atoms with van der Waals surface area (Å²) in [6.07, 6.45) is 0.897. The number of hydrogen-bond donors (Lipinski definition) is 1. The molecular formula is C12H21BrN4O. The van der Waals surface area contributed by atoms with Crippen LogP contribution >= 0.6 is 15.9 Å². The van der Waals surface area contributed by atoms with Crippen LogP contribution in [0.15, 0.2) is 4.47 Å². The smallest absolute Gasteiger partial charge is 0.234 e. The fourth-order valence-corrected chi connectivity index (χ4v) is 2.54. The number of aromatic nitrogens is 2. The molecule has 1 aromatic heterocycles. The zero-order valence-corrected chi connectivity index (χ0v) is 13.0. The maximum absolute atomic E-state index is 11.5. The number of nitrogens with one attached hydrogen (secondary N) is 1. The molecule has 1 aromatic rings. The summed E-state index contributed by atoms with van der Waals surface area (Å²) in [4.78, 5) is 13.5. The first-order valence-corrected chi connectivity index (χ1v) is 6.94. The Morgan fingerprint density at radius 1 is 1.50 bits per heavy atom. The first-order valence-electron chi connectivity index (χ1n) is 6.15. The molecule has 0 aliphatic heterocycles. The Hall–Kier alpha value is -0.880. The molecule has 1 N–H and O–H groups in total. The molecule has 6 heteroatoms. The van der Waals surface area contributed by atoms with E-state index < -0.39 is 0 Å². The number of likely N-dealkylation sites (N-methyl/N-ethyl adjacent to an activating group) is 2. The van der Waals surface area contributed by atoms with E-state index in [4.69, 9.17) is 0 Å². The highest BCUT2D eigenvalue weighted by Gasteiger charge is 2.15. The Morgan fingerprint density at radius 2 is 2.17 bits per heavy atom. The summed E-state index contributed by atoms with van der Waals surface area (Å²) >= 11 is 3.58. The summed E-state index contributed by atoms with van der Waals surface area (Å²) in [6, 6.07) is 0. The van der Waals surface area contributed by atoms with Crippen molar-refractivity contribution >= 4 is 21.8 Å². The second-order valence-corrected chi connectivity index (χ2v) is 5.10. The van der Waals surface area contributed by atoms with Crippen molar-refractivity contribution in [3.8, 4) is 0 Å². The van der Waals surface area contributed by atoms with Crippen molar-refractivity contribution in [2.45, 2.75) is 26.8 Å². The normalized spacial score (nSPS) is 11.0. The first kappa shape index (κ1) is 15.2. The third-order valence-corrected chi connectivity index (χ3v) is 3.63. The SMILES string of the molecule is CCNC(=O)CN(C)Cc1c(Br)c(CC)nn1C. The molecule has 0 spiro atoms. The fraction of sp³-hybridized carbons (Fsp3) is 0.667. The third kappa shape index (κ3) is 3.81. The zero-order chi connectivity index (χ0) is 13.7. The van der Waals surface area contributed by atoms with Gasteiger partial charge in [-0.25, -0.2) is 0 Å². The van der Waals surface area contributed by atoms with Gasteiger partial charge in [0.2, 0.25) is 5.91 Å². The summed E-state index contributed by atoms with van der Waals surface area (Å²) < 4.78 is 2.92. The maximum atomic E-state index is 11.5. The second kappa shape index (κ2) is 6.89. The van der Waals surface area contributed by atoms with E-state index in [1.807, 2.05) is 30.6 Å². The van der Waals surface area contributed by atoms with Gasteiger partial charge < -0.3 is 5.32 Å². The van der Waals surface area contributed by atoms with Crippen LogP contribution in [-0.2, 0) is 24.8 Å². The number of nitrogens with zero attached hydrogens (tertiary/aromatic N) is 3. The minimum atomic E-state index is 0.0500. The first-order chi connectivity index (χ1) is 8.49. The lowest BCUT2D eigenvalue weighted by molar-refractivity contribution is -0.121. The van der Waals surface area contributed by atoms with Crippen molar-refractivity contribution in [1.29, 1.82) is 0 Å². The van der Waals surface area contributed by atoms with Crippen LogP contribution in [0.4, 0.5) is 0 Å². The molecular weight excluding hydrogens is 296 g/mol. The van der Waals surface area contributed by atoms with Crippen molar-refractivity contribution in [3.63, 3.8) is 0 Å². The van der Waals surface area contributed by atoms with E-state index in [9.17, 15) is 4.79 Å². The summed E-state index contributed by atoms with van der Waals surface area (Å²) in [6.45, 7) is 5.76. The molecule has 0 radical (unpaired) electrons. The second-order valence-electron chi connectivity index (χ2n) is 4.31. The molecule has 5 nitrogen and oxygen atoms in total. The number of aryl methyl sites for hydroxylation is 2. The Labute approximate surface area is 117 Å². The highest BCUT2D eigenvalue weighted by Crippen LogP contribution is 2.22. The quantitative estimate of drug-likeness (QED) is 0.861. The van der Waals surface area contributed by atoms with Crippen LogP contribution in [0.1, 0.15) is 25.2 Å². The van der Waals surface area contributed by atoms with Crippen LogP contribution in [0.25, 0.3) is 0 Å². The lowest BCUT2D eigenvalue weighted by atomic mass is 10.3. The summed E-state index contributed by atoms with van der Waals surface area (Å²) in [5.74, 6) is 0.0500. The van der Waals surface area contributed by atoms with E-state index in [2.05, 4.69) is 33.3 Å². The van der Waals surface area contributed by atoms with Gasteiger partial charge in [-0.05, 0) is 36.3 Å². The lowest BCUT2D eigenvalue weighted by Crippen LogP contribution is -2.35. The molecule has 0 bridgehead atoms. The van der Waals surface area contributed by atoms with Gasteiger partial charge in [0.25, 0.3) is 0 Å². The van der Waals surface area contributed by atoms with Gasteiger partial charge >= 0.3 is 0 Å². The molecule has 1 rings (SSSR count). The van der Waals surface area contributed by atoms with Gasteiger partial charge in [0.1, 0.15) is 0 Å². The molecule has 0 atom stereocenters. The molecule has 0 fully saturated rings. The number of carbonyl (C=O) groups is 1. The summed E-state index contributed by atoms with van der Waals surface area (Å²) in [5.41, 5.74) is 2.15. The van der Waals surface area contributed by atoms with Gasteiger partial charge in [-0.15, -0.1) is 0 Å². The predicted octanol–water partition coefficient (Wildman–Crippen LogP) is 1.31. The van der Waals surface area contributed by atoms with Crippen LogP contribution in [0, 0.1) is 0 Å². The highest BCUT2D eigenvalue weighted by molar-refractivity contribution is 9.10.